The minimum atomic E-state index is -7.55. The Morgan fingerprint density at radius 3 is 1.09 bits per heavy atom. The van der Waals surface area contributed by atoms with Crippen LogP contribution >= 0.6 is 0 Å². The summed E-state index contributed by atoms with van der Waals surface area (Å²) in [4.78, 5) is 0. The van der Waals surface area contributed by atoms with Crippen molar-refractivity contribution >= 4 is 0 Å². The third kappa shape index (κ3) is 3.20. The highest BCUT2D eigenvalue weighted by Gasteiger charge is 2.87. The van der Waals surface area contributed by atoms with E-state index in [4.69, 9.17) is 0 Å². The van der Waals surface area contributed by atoms with E-state index in [1.54, 1.807) is 0 Å². The summed E-state index contributed by atoms with van der Waals surface area (Å²) >= 11 is 0. The van der Waals surface area contributed by atoms with Gasteiger partial charge in [-0.1, -0.05) is 6.92 Å². The van der Waals surface area contributed by atoms with E-state index >= 15 is 0 Å². The van der Waals surface area contributed by atoms with E-state index in [-0.39, 0.29) is 6.92 Å². The second-order valence-corrected chi connectivity index (χ2v) is 3.85. The minimum absolute atomic E-state index is 0.130. The summed E-state index contributed by atoms with van der Waals surface area (Å²) in [6.07, 6.45) is -30.7. The first kappa shape index (κ1) is 21.0. The summed E-state index contributed by atoms with van der Waals surface area (Å²) < 4.78 is 162. The smallest absolute Gasteiger partial charge is 0.271 e. The van der Waals surface area contributed by atoms with Crippen molar-refractivity contribution in [2.75, 3.05) is 0 Å². The van der Waals surface area contributed by atoms with Crippen molar-refractivity contribution in [1.29, 1.82) is 0 Å². The van der Waals surface area contributed by atoms with Crippen LogP contribution in [0.2, 0.25) is 0 Å². The summed E-state index contributed by atoms with van der Waals surface area (Å²) in [6, 6.07) is 0. The van der Waals surface area contributed by atoms with Crippen LogP contribution in [-0.2, 0) is 4.74 Å². The topological polar surface area (TPSA) is 9.23 Å². The first-order valence-electron chi connectivity index (χ1n) is 4.93. The number of halogens is 13. The van der Waals surface area contributed by atoms with Gasteiger partial charge in [0.1, 0.15) is 0 Å². The predicted molar refractivity (Wildman–Crippen MR) is 42.2 cm³/mol. The second-order valence-electron chi connectivity index (χ2n) is 3.85. The molecule has 0 aromatic rings. The van der Waals surface area contributed by atoms with Gasteiger partial charge >= 0.3 is 36.2 Å². The molecule has 0 spiro atoms. The van der Waals surface area contributed by atoms with Crippen LogP contribution in [0.5, 0.6) is 0 Å². The van der Waals surface area contributed by atoms with Gasteiger partial charge in [-0.15, -0.1) is 0 Å². The van der Waals surface area contributed by atoms with Gasteiger partial charge in [0, 0.05) is 6.42 Å². The van der Waals surface area contributed by atoms with Crippen molar-refractivity contribution in [3.05, 3.63) is 0 Å². The lowest BCUT2D eigenvalue weighted by Gasteiger charge is -2.39. The average Bonchev–Trinajstić information content (AvgIpc) is 2.22. The van der Waals surface area contributed by atoms with Crippen molar-refractivity contribution in [3.63, 3.8) is 0 Å². The highest BCUT2D eigenvalue weighted by Crippen LogP contribution is 2.57. The number of rotatable bonds is 4. The van der Waals surface area contributed by atoms with Gasteiger partial charge in [-0.2, -0.15) is 48.3 Å². The van der Waals surface area contributed by atoms with Crippen LogP contribution in [0.15, 0.2) is 0 Å². The molecular formula is C8H5F13O. The molecule has 1 atom stereocenters. The fraction of sp³-hybridized carbons (Fsp3) is 1.00. The molecule has 22 heavy (non-hydrogen) atoms. The molecule has 0 N–H and O–H groups in total. The average molecular weight is 364 g/mol. The van der Waals surface area contributed by atoms with Crippen LogP contribution in [-0.4, -0.2) is 36.2 Å². The van der Waals surface area contributed by atoms with Crippen LogP contribution in [0.4, 0.5) is 57.1 Å². The highest BCUT2D eigenvalue weighted by atomic mass is 19.4. The van der Waals surface area contributed by atoms with Gasteiger partial charge in [-0.25, -0.2) is 8.78 Å². The lowest BCUT2D eigenvalue weighted by molar-refractivity contribution is -0.494. The van der Waals surface area contributed by atoms with Crippen molar-refractivity contribution in [2.45, 2.75) is 49.5 Å². The van der Waals surface area contributed by atoms with Gasteiger partial charge in [0.05, 0.1) is 0 Å². The number of hydrogen-bond acceptors (Lipinski definition) is 1. The zero-order valence-corrected chi connectivity index (χ0v) is 10.0. The molecule has 0 radical (unpaired) electrons. The predicted octanol–water partition coefficient (Wildman–Crippen LogP) is 5.07. The standard InChI is InChI=1S/C8H5F13O/c1-2-3(9,5(11,12)13)22-8(20,21)4(10,6(14,15)16)7(17,18)19/h2H2,1H3. The molecule has 0 aliphatic rings. The van der Waals surface area contributed by atoms with Crippen LogP contribution in [0.1, 0.15) is 13.3 Å². The van der Waals surface area contributed by atoms with Crippen molar-refractivity contribution < 1.29 is 61.8 Å². The Labute approximate surface area is 113 Å². The van der Waals surface area contributed by atoms with Gasteiger partial charge in [-0.3, -0.25) is 4.74 Å². The van der Waals surface area contributed by atoms with E-state index in [0.29, 0.717) is 0 Å². The van der Waals surface area contributed by atoms with E-state index in [2.05, 4.69) is 0 Å². The molecule has 0 heterocycles. The molecule has 0 aromatic carbocycles. The maximum Gasteiger partial charge on any atom is 0.448 e. The first-order chi connectivity index (χ1) is 9.27. The molecule has 0 rings (SSSR count). The lowest BCUT2D eigenvalue weighted by Crippen LogP contribution is -2.67. The van der Waals surface area contributed by atoms with Gasteiger partial charge < -0.3 is 0 Å². The summed E-state index contributed by atoms with van der Waals surface area (Å²) in [5.74, 6) is -5.63. The molecule has 0 saturated carbocycles. The molecule has 0 aliphatic carbocycles. The normalized spacial score (nSPS) is 18.3. The van der Waals surface area contributed by atoms with E-state index in [1.165, 1.54) is 0 Å². The Bertz CT molecular complexity index is 376. The Balaban J connectivity index is 6.08. The molecule has 0 bridgehead atoms. The monoisotopic (exact) mass is 364 g/mol. The molecule has 1 unspecified atom stereocenters. The fourth-order valence-corrected chi connectivity index (χ4v) is 1.09. The quantitative estimate of drug-likeness (QED) is 0.634. The number of ether oxygens (including phenoxy) is 1. The van der Waals surface area contributed by atoms with Crippen molar-refractivity contribution in [2.24, 2.45) is 0 Å². The number of alkyl halides is 13. The van der Waals surface area contributed by atoms with Crippen LogP contribution in [0, 0.1) is 0 Å². The van der Waals surface area contributed by atoms with Gasteiger partial charge in [0.15, 0.2) is 0 Å². The zero-order chi connectivity index (χ0) is 18.4. The first-order valence-corrected chi connectivity index (χ1v) is 4.93. The van der Waals surface area contributed by atoms with Crippen LogP contribution in [0.25, 0.3) is 0 Å². The molecular weight excluding hydrogens is 359 g/mol. The Hall–Kier alpha value is -0.950. The molecule has 134 valence electrons. The SMILES string of the molecule is CCC(F)(OC(F)(F)C(F)(C(F)(F)F)C(F)(F)F)C(F)(F)F. The third-order valence-corrected chi connectivity index (χ3v) is 2.35. The maximum atomic E-state index is 13.1. The second kappa shape index (κ2) is 5.30. The van der Waals surface area contributed by atoms with E-state index in [0.717, 1.165) is 0 Å². The molecule has 0 fully saturated rings. The van der Waals surface area contributed by atoms with Crippen molar-refractivity contribution in [1.82, 2.24) is 0 Å². The maximum absolute atomic E-state index is 13.1. The van der Waals surface area contributed by atoms with Crippen LogP contribution in [0.3, 0.4) is 0 Å². The summed E-state index contributed by atoms with van der Waals surface area (Å²) in [5, 5.41) is 0. The summed E-state index contributed by atoms with van der Waals surface area (Å²) in [5.41, 5.74) is -7.55. The van der Waals surface area contributed by atoms with Gasteiger partial charge in [0.25, 0.3) is 0 Å². The minimum Gasteiger partial charge on any atom is -0.271 e. The fourth-order valence-electron chi connectivity index (χ4n) is 1.09. The highest BCUT2D eigenvalue weighted by molar-refractivity contribution is 5.02. The molecule has 0 saturated heterocycles. The van der Waals surface area contributed by atoms with E-state index in [1.807, 2.05) is 4.74 Å². The van der Waals surface area contributed by atoms with E-state index < -0.39 is 42.6 Å². The summed E-state index contributed by atoms with van der Waals surface area (Å²) in [7, 11) is 0. The largest absolute Gasteiger partial charge is 0.448 e. The Kier molecular flexibility index (Phi) is 5.07. The molecule has 0 amide bonds. The molecule has 0 aliphatic heterocycles. The van der Waals surface area contributed by atoms with E-state index in [9.17, 15) is 57.1 Å². The van der Waals surface area contributed by atoms with Gasteiger partial charge in [-0.05, 0) is 0 Å². The van der Waals surface area contributed by atoms with Crippen LogP contribution < -0.4 is 0 Å². The summed E-state index contributed by atoms with van der Waals surface area (Å²) in [6.45, 7) is 0.130. The molecule has 1 nitrogen and oxygen atoms in total. The molecule has 14 heteroatoms. The Morgan fingerprint density at radius 2 is 0.909 bits per heavy atom. The zero-order valence-electron chi connectivity index (χ0n) is 10.0. The molecule has 0 aromatic heterocycles. The Morgan fingerprint density at radius 1 is 0.591 bits per heavy atom. The number of hydrogen-bond donors (Lipinski definition) is 0. The lowest BCUT2D eigenvalue weighted by atomic mass is 10.0. The third-order valence-electron chi connectivity index (χ3n) is 2.35. The van der Waals surface area contributed by atoms with Gasteiger partial charge in [0.2, 0.25) is 0 Å². The van der Waals surface area contributed by atoms with Crippen molar-refractivity contribution in [3.8, 4) is 0 Å².